The highest BCUT2D eigenvalue weighted by Crippen LogP contribution is 2.28. The summed E-state index contributed by atoms with van der Waals surface area (Å²) in [7, 11) is 0. The molecule has 1 aliphatic rings. The second kappa shape index (κ2) is 8.86. The van der Waals surface area contributed by atoms with Gasteiger partial charge in [-0.15, -0.1) is 5.10 Å². The minimum absolute atomic E-state index is 0.328. The molecule has 2 heterocycles. The maximum absolute atomic E-state index is 12.6. The Bertz CT molecular complexity index is 1190. The molecule has 0 unspecified atom stereocenters. The molecule has 0 saturated carbocycles. The summed E-state index contributed by atoms with van der Waals surface area (Å²) < 4.78 is 7.74. The molecule has 0 fully saturated rings. The van der Waals surface area contributed by atoms with E-state index in [4.69, 9.17) is 4.74 Å². The molecule has 1 aromatic heterocycles. The molecule has 9 nitrogen and oxygen atoms in total. The molecule has 2 aromatic carbocycles. The van der Waals surface area contributed by atoms with Crippen LogP contribution < -0.4 is 26.1 Å². The molecular weight excluding hydrogens is 398 g/mol. The normalized spacial score (nSPS) is 12.5. The number of rotatable bonds is 7. The third-order valence-corrected chi connectivity index (χ3v) is 4.99. The van der Waals surface area contributed by atoms with Crippen molar-refractivity contribution in [2.24, 2.45) is 0 Å². The number of ether oxygens (including phenoxy) is 1. The lowest BCUT2D eigenvalue weighted by molar-refractivity contribution is -0.122. The summed E-state index contributed by atoms with van der Waals surface area (Å²) in [4.78, 5) is 39.2. The van der Waals surface area contributed by atoms with Crippen LogP contribution in [0.3, 0.4) is 0 Å². The van der Waals surface area contributed by atoms with Crippen LogP contribution in [0.25, 0.3) is 0 Å². The molecule has 3 aromatic rings. The summed E-state index contributed by atoms with van der Waals surface area (Å²) in [6.45, 7) is 3.34. The number of anilines is 2. The zero-order valence-corrected chi connectivity index (χ0v) is 17.2. The van der Waals surface area contributed by atoms with Crippen LogP contribution in [-0.2, 0) is 24.4 Å². The average Bonchev–Trinajstić information content (AvgIpc) is 3.21. The molecule has 1 amide bonds. The van der Waals surface area contributed by atoms with E-state index in [-0.39, 0.29) is 6.54 Å². The van der Waals surface area contributed by atoms with Gasteiger partial charge in [-0.05, 0) is 36.8 Å². The van der Waals surface area contributed by atoms with Gasteiger partial charge in [-0.2, -0.15) is 0 Å². The largest absolute Gasteiger partial charge is 0.494 e. The first kappa shape index (κ1) is 20.4. The Labute approximate surface area is 178 Å². The van der Waals surface area contributed by atoms with Crippen LogP contribution in [0.4, 0.5) is 11.6 Å². The van der Waals surface area contributed by atoms with E-state index in [0.717, 1.165) is 21.7 Å². The van der Waals surface area contributed by atoms with Gasteiger partial charge in [0.1, 0.15) is 12.3 Å². The van der Waals surface area contributed by atoms with Crippen LogP contribution in [0.1, 0.15) is 12.5 Å². The predicted molar refractivity (Wildman–Crippen MR) is 116 cm³/mol. The summed E-state index contributed by atoms with van der Waals surface area (Å²) in [6, 6.07) is 16.9. The van der Waals surface area contributed by atoms with Crippen molar-refractivity contribution in [3.05, 3.63) is 80.9 Å². The van der Waals surface area contributed by atoms with Gasteiger partial charge in [-0.1, -0.05) is 30.3 Å². The predicted octanol–water partition coefficient (Wildman–Crippen LogP) is 1.27. The van der Waals surface area contributed by atoms with Crippen LogP contribution in [0.5, 0.6) is 5.75 Å². The number of hydrogen-bond donors (Lipinski definition) is 1. The molecule has 160 valence electrons. The first-order chi connectivity index (χ1) is 15.1. The van der Waals surface area contributed by atoms with E-state index in [0.29, 0.717) is 32.2 Å². The average molecular weight is 421 g/mol. The van der Waals surface area contributed by atoms with Gasteiger partial charge in [-0.3, -0.25) is 19.0 Å². The van der Waals surface area contributed by atoms with Crippen molar-refractivity contribution in [1.82, 2.24) is 19.7 Å². The van der Waals surface area contributed by atoms with Gasteiger partial charge in [0.05, 0.1) is 6.61 Å². The van der Waals surface area contributed by atoms with Crippen LogP contribution in [-0.4, -0.2) is 33.4 Å². The Balaban J connectivity index is 1.55. The summed E-state index contributed by atoms with van der Waals surface area (Å²) in [6.07, 6.45) is 0. The maximum atomic E-state index is 12.6. The number of carbonyl (C=O) groups is 1. The summed E-state index contributed by atoms with van der Waals surface area (Å²) >= 11 is 0. The van der Waals surface area contributed by atoms with Gasteiger partial charge < -0.3 is 15.0 Å². The molecule has 0 aliphatic carbocycles. The van der Waals surface area contributed by atoms with Crippen LogP contribution in [0.2, 0.25) is 0 Å². The van der Waals surface area contributed by atoms with Crippen molar-refractivity contribution >= 4 is 17.5 Å². The fourth-order valence-electron chi connectivity index (χ4n) is 3.45. The summed E-state index contributed by atoms with van der Waals surface area (Å²) in [5, 5.41) is 7.07. The molecule has 31 heavy (non-hydrogen) atoms. The van der Waals surface area contributed by atoms with Crippen molar-refractivity contribution in [3.63, 3.8) is 0 Å². The lowest BCUT2D eigenvalue weighted by Gasteiger charge is -2.18. The smallest absolute Gasteiger partial charge is 0.333 e. The fourth-order valence-corrected chi connectivity index (χ4v) is 3.45. The number of nitrogens with zero attached hydrogens (tertiary/aromatic N) is 4. The third-order valence-electron chi connectivity index (χ3n) is 4.99. The second-order valence-corrected chi connectivity index (χ2v) is 7.06. The topological polar surface area (TPSA) is 98.5 Å². The van der Waals surface area contributed by atoms with E-state index in [1.54, 1.807) is 0 Å². The first-order valence-electron chi connectivity index (χ1n) is 10.1. The molecule has 0 bridgehead atoms. The van der Waals surface area contributed by atoms with Crippen molar-refractivity contribution in [2.45, 2.75) is 26.6 Å². The molecule has 1 aliphatic heterocycles. The Morgan fingerprint density at radius 3 is 2.48 bits per heavy atom. The molecule has 0 atom stereocenters. The number of fused-ring (bicyclic) bond motifs is 1. The molecular formula is C22H23N5O4. The lowest BCUT2D eigenvalue weighted by atomic mass is 10.2. The molecule has 4 rings (SSSR count). The number of hydrogen-bond acceptors (Lipinski definition) is 6. The van der Waals surface area contributed by atoms with E-state index in [9.17, 15) is 14.4 Å². The van der Waals surface area contributed by atoms with Crippen molar-refractivity contribution in [1.29, 1.82) is 0 Å². The van der Waals surface area contributed by atoms with E-state index in [2.05, 4.69) is 10.4 Å². The Kier molecular flexibility index (Phi) is 5.83. The summed E-state index contributed by atoms with van der Waals surface area (Å²) in [5.74, 6) is 0.689. The highest BCUT2D eigenvalue weighted by molar-refractivity contribution is 5.75. The molecule has 0 radical (unpaired) electrons. The SMILES string of the molecule is CCOc1ccc(N2CCn3c2nn(CC(=O)NCc2ccccc2)c(=O)c3=O)cc1. The number of carbonyl (C=O) groups excluding carboxylic acids is 1. The zero-order valence-electron chi connectivity index (χ0n) is 17.2. The fraction of sp³-hybridized carbons (Fsp3) is 0.273. The minimum atomic E-state index is -0.813. The van der Waals surface area contributed by atoms with E-state index < -0.39 is 17.0 Å². The van der Waals surface area contributed by atoms with Crippen molar-refractivity contribution in [3.8, 4) is 5.75 Å². The first-order valence-corrected chi connectivity index (χ1v) is 10.1. The number of amides is 1. The Morgan fingerprint density at radius 2 is 1.77 bits per heavy atom. The highest BCUT2D eigenvalue weighted by atomic mass is 16.5. The van der Waals surface area contributed by atoms with Crippen LogP contribution in [0, 0.1) is 0 Å². The maximum Gasteiger partial charge on any atom is 0.333 e. The van der Waals surface area contributed by atoms with Crippen LogP contribution in [0.15, 0.2) is 64.2 Å². The van der Waals surface area contributed by atoms with Crippen LogP contribution >= 0.6 is 0 Å². The van der Waals surface area contributed by atoms with Gasteiger partial charge in [0.2, 0.25) is 11.9 Å². The monoisotopic (exact) mass is 421 g/mol. The Morgan fingerprint density at radius 1 is 1.03 bits per heavy atom. The molecule has 1 N–H and O–H groups in total. The highest BCUT2D eigenvalue weighted by Gasteiger charge is 2.26. The third kappa shape index (κ3) is 4.35. The molecule has 0 spiro atoms. The standard InChI is InChI=1S/C22H23N5O4/c1-2-31-18-10-8-17(9-11-18)25-12-13-26-20(29)21(30)27(24-22(25)26)15-19(28)23-14-16-6-4-3-5-7-16/h3-11H,2,12-15H2,1H3,(H,23,28). The second-order valence-electron chi connectivity index (χ2n) is 7.06. The van der Waals surface area contributed by atoms with E-state index in [1.807, 2.05) is 66.4 Å². The summed E-state index contributed by atoms with van der Waals surface area (Å²) in [5.41, 5.74) is 0.258. The quantitative estimate of drug-likeness (QED) is 0.577. The number of benzene rings is 2. The van der Waals surface area contributed by atoms with Crippen molar-refractivity contribution < 1.29 is 9.53 Å². The van der Waals surface area contributed by atoms with Gasteiger partial charge in [0.25, 0.3) is 0 Å². The van der Waals surface area contributed by atoms with E-state index >= 15 is 0 Å². The van der Waals surface area contributed by atoms with Gasteiger partial charge in [0, 0.05) is 25.3 Å². The lowest BCUT2D eigenvalue weighted by Crippen LogP contribution is -2.44. The van der Waals surface area contributed by atoms with E-state index in [1.165, 1.54) is 4.57 Å². The van der Waals surface area contributed by atoms with Gasteiger partial charge >= 0.3 is 11.1 Å². The number of aromatic nitrogens is 3. The molecule has 0 saturated heterocycles. The minimum Gasteiger partial charge on any atom is -0.494 e. The number of nitrogens with one attached hydrogen (secondary N) is 1. The van der Waals surface area contributed by atoms with Crippen molar-refractivity contribution in [2.75, 3.05) is 18.1 Å². The molecule has 9 heteroatoms. The zero-order chi connectivity index (χ0) is 21.8. The van der Waals surface area contributed by atoms with Gasteiger partial charge in [0.15, 0.2) is 0 Å². The van der Waals surface area contributed by atoms with Gasteiger partial charge in [-0.25, -0.2) is 4.68 Å². The Hall–Kier alpha value is -3.88.